The first-order valence-corrected chi connectivity index (χ1v) is 7.17. The van der Waals surface area contributed by atoms with Crippen LogP contribution in [-0.4, -0.2) is 41.4 Å². The van der Waals surface area contributed by atoms with Crippen molar-refractivity contribution in [3.63, 3.8) is 0 Å². The van der Waals surface area contributed by atoms with Crippen molar-refractivity contribution in [3.05, 3.63) is 30.1 Å². The van der Waals surface area contributed by atoms with Crippen molar-refractivity contribution >= 4 is 23.5 Å². The Hall–Kier alpha value is -2.44. The van der Waals surface area contributed by atoms with Gasteiger partial charge in [0.25, 0.3) is 5.91 Å². The Morgan fingerprint density at radius 3 is 2.50 bits per heavy atom. The third-order valence-electron chi connectivity index (χ3n) is 3.80. The predicted octanol–water partition coefficient (Wildman–Crippen LogP) is 1.26. The van der Waals surface area contributed by atoms with Crippen molar-refractivity contribution in [1.29, 1.82) is 0 Å². The van der Waals surface area contributed by atoms with Gasteiger partial charge in [-0.1, -0.05) is 0 Å². The fourth-order valence-electron chi connectivity index (χ4n) is 2.45. The highest BCUT2D eigenvalue weighted by atomic mass is 19.1. The first kappa shape index (κ1) is 14.5. The summed E-state index contributed by atoms with van der Waals surface area (Å²) in [7, 11) is 0. The summed E-state index contributed by atoms with van der Waals surface area (Å²) < 4.78 is 13.0. The molecule has 1 heterocycles. The molecule has 1 aliphatic heterocycles. The molecule has 4 amide bonds. The molecule has 116 valence electrons. The van der Waals surface area contributed by atoms with E-state index in [9.17, 15) is 18.8 Å². The Morgan fingerprint density at radius 2 is 1.91 bits per heavy atom. The van der Waals surface area contributed by atoms with Crippen LogP contribution in [0, 0.1) is 5.82 Å². The van der Waals surface area contributed by atoms with E-state index < -0.39 is 23.8 Å². The number of amides is 4. The van der Waals surface area contributed by atoms with Gasteiger partial charge < -0.3 is 5.32 Å². The maximum absolute atomic E-state index is 13.0. The summed E-state index contributed by atoms with van der Waals surface area (Å²) >= 11 is 0. The van der Waals surface area contributed by atoms with Crippen LogP contribution >= 0.6 is 0 Å². The number of nitrogens with one attached hydrogen (secondary N) is 1. The molecule has 3 rings (SSSR count). The molecule has 0 aromatic heterocycles. The molecule has 1 saturated carbocycles. The molecule has 1 saturated heterocycles. The molecular weight excluding hydrogens is 289 g/mol. The van der Waals surface area contributed by atoms with Gasteiger partial charge in [0.2, 0.25) is 5.91 Å². The van der Waals surface area contributed by atoms with E-state index >= 15 is 0 Å². The highest BCUT2D eigenvalue weighted by Gasteiger charge is 2.44. The summed E-state index contributed by atoms with van der Waals surface area (Å²) in [6.45, 7) is 1.30. The van der Waals surface area contributed by atoms with Crippen molar-refractivity contribution in [2.45, 2.75) is 31.8 Å². The SMILES string of the molecule is C[C@H]1C(=O)N(CC(=O)NC2CC2)C(=O)N1c1ccc(F)cc1. The molecule has 0 spiro atoms. The highest BCUT2D eigenvalue weighted by molar-refractivity contribution is 6.15. The van der Waals surface area contributed by atoms with Gasteiger partial charge in [-0.3, -0.25) is 19.4 Å². The van der Waals surface area contributed by atoms with E-state index in [0.29, 0.717) is 5.69 Å². The third-order valence-corrected chi connectivity index (χ3v) is 3.80. The zero-order valence-electron chi connectivity index (χ0n) is 12.1. The molecule has 1 aromatic rings. The Labute approximate surface area is 126 Å². The molecule has 2 aliphatic rings. The lowest BCUT2D eigenvalue weighted by Crippen LogP contribution is -2.42. The lowest BCUT2D eigenvalue weighted by atomic mass is 10.2. The summed E-state index contributed by atoms with van der Waals surface area (Å²) in [5, 5.41) is 2.75. The van der Waals surface area contributed by atoms with Crippen LogP contribution in [-0.2, 0) is 9.59 Å². The van der Waals surface area contributed by atoms with Gasteiger partial charge in [-0.05, 0) is 44.0 Å². The van der Waals surface area contributed by atoms with Crippen molar-refractivity contribution in [2.24, 2.45) is 0 Å². The van der Waals surface area contributed by atoms with Crippen LogP contribution in [0.1, 0.15) is 19.8 Å². The largest absolute Gasteiger partial charge is 0.352 e. The van der Waals surface area contributed by atoms with Crippen LogP contribution < -0.4 is 10.2 Å². The van der Waals surface area contributed by atoms with Gasteiger partial charge in [0.1, 0.15) is 18.4 Å². The molecule has 1 aromatic carbocycles. The molecule has 1 atom stereocenters. The Morgan fingerprint density at radius 1 is 1.27 bits per heavy atom. The smallest absolute Gasteiger partial charge is 0.332 e. The number of imide groups is 1. The number of carbonyl (C=O) groups excluding carboxylic acids is 3. The van der Waals surface area contributed by atoms with Crippen LogP contribution in [0.25, 0.3) is 0 Å². The minimum atomic E-state index is -0.716. The van der Waals surface area contributed by atoms with Gasteiger partial charge in [-0.2, -0.15) is 0 Å². The second-order valence-electron chi connectivity index (χ2n) is 5.57. The van der Waals surface area contributed by atoms with Gasteiger partial charge in [0.05, 0.1) is 0 Å². The van der Waals surface area contributed by atoms with E-state index in [-0.39, 0.29) is 18.5 Å². The van der Waals surface area contributed by atoms with E-state index in [2.05, 4.69) is 5.32 Å². The lowest BCUT2D eigenvalue weighted by Gasteiger charge is -2.19. The summed E-state index contributed by atoms with van der Waals surface area (Å²) in [6.07, 6.45) is 1.87. The summed E-state index contributed by atoms with van der Waals surface area (Å²) in [4.78, 5) is 38.6. The van der Waals surface area contributed by atoms with Gasteiger partial charge in [0.15, 0.2) is 0 Å². The number of urea groups is 1. The topological polar surface area (TPSA) is 69.7 Å². The zero-order chi connectivity index (χ0) is 15.9. The number of carbonyl (C=O) groups is 3. The molecule has 1 N–H and O–H groups in total. The summed E-state index contributed by atoms with van der Waals surface area (Å²) in [5.41, 5.74) is 0.428. The molecule has 6 nitrogen and oxygen atoms in total. The normalized spacial score (nSPS) is 21.5. The minimum absolute atomic E-state index is 0.172. The minimum Gasteiger partial charge on any atom is -0.352 e. The monoisotopic (exact) mass is 305 g/mol. The predicted molar refractivity (Wildman–Crippen MR) is 76.6 cm³/mol. The molecule has 0 unspecified atom stereocenters. The number of rotatable bonds is 4. The highest BCUT2D eigenvalue weighted by Crippen LogP contribution is 2.26. The van der Waals surface area contributed by atoms with Crippen molar-refractivity contribution in [2.75, 3.05) is 11.4 Å². The van der Waals surface area contributed by atoms with Gasteiger partial charge in [-0.15, -0.1) is 0 Å². The molecule has 0 radical (unpaired) electrons. The van der Waals surface area contributed by atoms with Crippen molar-refractivity contribution < 1.29 is 18.8 Å². The first-order chi connectivity index (χ1) is 10.5. The number of nitrogens with zero attached hydrogens (tertiary/aromatic N) is 2. The average Bonchev–Trinajstić information content (AvgIpc) is 3.26. The van der Waals surface area contributed by atoms with Crippen LogP contribution in [0.4, 0.5) is 14.9 Å². The molecule has 22 heavy (non-hydrogen) atoms. The van der Waals surface area contributed by atoms with Crippen molar-refractivity contribution in [1.82, 2.24) is 10.2 Å². The lowest BCUT2D eigenvalue weighted by molar-refractivity contribution is -0.131. The van der Waals surface area contributed by atoms with Gasteiger partial charge in [-0.25, -0.2) is 9.18 Å². The second kappa shape index (κ2) is 5.40. The summed E-state index contributed by atoms with van der Waals surface area (Å²) in [6, 6.07) is 4.22. The second-order valence-corrected chi connectivity index (χ2v) is 5.57. The maximum Gasteiger partial charge on any atom is 0.332 e. The van der Waals surface area contributed by atoms with Crippen LogP contribution in [0.15, 0.2) is 24.3 Å². The molecule has 2 fully saturated rings. The number of hydrogen-bond donors (Lipinski definition) is 1. The Kier molecular flexibility index (Phi) is 3.56. The third kappa shape index (κ3) is 2.66. The van der Waals surface area contributed by atoms with E-state index in [4.69, 9.17) is 0 Å². The molecule has 7 heteroatoms. The summed E-state index contributed by atoms with van der Waals surface area (Å²) in [5.74, 6) is -1.19. The molecule has 0 bridgehead atoms. The van der Waals surface area contributed by atoms with Crippen LogP contribution in [0.5, 0.6) is 0 Å². The Balaban J connectivity index is 1.76. The number of hydrogen-bond acceptors (Lipinski definition) is 3. The average molecular weight is 305 g/mol. The molecule has 1 aliphatic carbocycles. The van der Waals surface area contributed by atoms with Crippen LogP contribution in [0.2, 0.25) is 0 Å². The zero-order valence-corrected chi connectivity index (χ0v) is 12.1. The van der Waals surface area contributed by atoms with Gasteiger partial charge >= 0.3 is 6.03 Å². The van der Waals surface area contributed by atoms with Crippen LogP contribution in [0.3, 0.4) is 0 Å². The maximum atomic E-state index is 13.0. The number of benzene rings is 1. The molecular formula is C15H16FN3O3. The standard InChI is InChI=1S/C15H16FN3O3/c1-9-14(21)18(8-13(20)17-11-4-5-11)15(22)19(9)12-6-2-10(16)3-7-12/h2-3,6-7,9,11H,4-5,8H2,1H3,(H,17,20)/t9-/m0/s1. The fraction of sp³-hybridized carbons (Fsp3) is 0.400. The van der Waals surface area contributed by atoms with E-state index in [1.54, 1.807) is 6.92 Å². The van der Waals surface area contributed by atoms with Gasteiger partial charge in [0, 0.05) is 11.7 Å². The van der Waals surface area contributed by atoms with E-state index in [1.165, 1.54) is 29.2 Å². The Bertz CT molecular complexity index is 627. The first-order valence-electron chi connectivity index (χ1n) is 7.17. The quantitative estimate of drug-likeness (QED) is 0.852. The number of anilines is 1. The number of halogens is 1. The van der Waals surface area contributed by atoms with E-state index in [0.717, 1.165) is 17.7 Å². The van der Waals surface area contributed by atoms with E-state index in [1.807, 2.05) is 0 Å². The van der Waals surface area contributed by atoms with Crippen molar-refractivity contribution in [3.8, 4) is 0 Å². The fourth-order valence-corrected chi connectivity index (χ4v) is 2.45.